The van der Waals surface area contributed by atoms with Crippen LogP contribution in [0.25, 0.3) is 21.9 Å². The maximum Gasteiger partial charge on any atom is 0.335 e. The second-order valence-electron chi connectivity index (χ2n) is 5.78. The zero-order valence-electron chi connectivity index (χ0n) is 13.2. The molecule has 0 aliphatic carbocycles. The maximum absolute atomic E-state index is 12.1. The molecule has 24 heavy (non-hydrogen) atoms. The van der Waals surface area contributed by atoms with Gasteiger partial charge in [0.2, 0.25) is 0 Å². The minimum absolute atomic E-state index is 0.228. The first kappa shape index (κ1) is 16.2. The van der Waals surface area contributed by atoms with Crippen LogP contribution in [0.4, 0.5) is 0 Å². The number of rotatable bonds is 4. The number of carboxylic acid groups (broad SMARTS) is 1. The molecule has 0 bridgehead atoms. The van der Waals surface area contributed by atoms with Crippen LogP contribution in [0, 0.1) is 0 Å². The number of carboxylic acids is 1. The third kappa shape index (κ3) is 2.78. The number of nitrogens with zero attached hydrogens (tertiary/aromatic N) is 2. The van der Waals surface area contributed by atoms with E-state index in [-0.39, 0.29) is 5.56 Å². The number of carbonyl (C=O) groups is 1. The topological polar surface area (TPSA) is 89.3 Å². The van der Waals surface area contributed by atoms with E-state index in [1.165, 1.54) is 12.4 Å². The van der Waals surface area contributed by atoms with E-state index >= 15 is 0 Å². The molecule has 1 aromatic heterocycles. The summed E-state index contributed by atoms with van der Waals surface area (Å²) in [6.45, 7) is 3.21. The van der Waals surface area contributed by atoms with Gasteiger partial charge >= 0.3 is 5.97 Å². The summed E-state index contributed by atoms with van der Waals surface area (Å²) in [6.07, 6.45) is 2.99. The Bertz CT molecular complexity index is 1040. The zero-order chi connectivity index (χ0) is 17.5. The van der Waals surface area contributed by atoms with Gasteiger partial charge in [-0.15, -0.1) is 0 Å². The molecule has 1 heterocycles. The van der Waals surface area contributed by atoms with Gasteiger partial charge in [-0.1, -0.05) is 18.2 Å². The van der Waals surface area contributed by atoms with E-state index in [0.29, 0.717) is 5.56 Å². The van der Waals surface area contributed by atoms with Gasteiger partial charge in [-0.3, -0.25) is 0 Å². The van der Waals surface area contributed by atoms with Crippen molar-refractivity contribution < 1.29 is 18.3 Å². The minimum Gasteiger partial charge on any atom is -0.478 e. The first-order chi connectivity index (χ1) is 11.3. The van der Waals surface area contributed by atoms with E-state index < -0.39 is 21.2 Å². The van der Waals surface area contributed by atoms with E-state index in [9.17, 15) is 13.2 Å². The van der Waals surface area contributed by atoms with Crippen molar-refractivity contribution in [1.29, 1.82) is 0 Å². The Hall–Kier alpha value is -2.67. The molecule has 1 N–H and O–H groups in total. The van der Waals surface area contributed by atoms with Crippen LogP contribution in [0.1, 0.15) is 24.2 Å². The molecule has 0 saturated carbocycles. The van der Waals surface area contributed by atoms with E-state index in [4.69, 9.17) is 5.11 Å². The van der Waals surface area contributed by atoms with Gasteiger partial charge in [-0.25, -0.2) is 13.2 Å². The third-order valence-electron chi connectivity index (χ3n) is 3.84. The molecule has 7 heteroatoms. The van der Waals surface area contributed by atoms with Gasteiger partial charge in [0.15, 0.2) is 0 Å². The van der Waals surface area contributed by atoms with Gasteiger partial charge in [0.25, 0.3) is 10.0 Å². The summed E-state index contributed by atoms with van der Waals surface area (Å²) in [5, 5.41) is 14.1. The first-order valence-electron chi connectivity index (χ1n) is 7.35. The van der Waals surface area contributed by atoms with Crippen LogP contribution in [0.3, 0.4) is 0 Å². The highest BCUT2D eigenvalue weighted by molar-refractivity contribution is 7.90. The molecule has 0 amide bonds. The third-order valence-corrected chi connectivity index (χ3v) is 5.75. The van der Waals surface area contributed by atoms with Crippen LogP contribution in [-0.4, -0.2) is 33.9 Å². The fourth-order valence-corrected chi connectivity index (χ4v) is 3.24. The van der Waals surface area contributed by atoms with Crippen LogP contribution in [0.2, 0.25) is 0 Å². The monoisotopic (exact) mass is 344 g/mol. The number of aromatic carboxylic acids is 1. The Balaban J connectivity index is 2.03. The largest absolute Gasteiger partial charge is 0.478 e. The molecule has 0 spiro atoms. The predicted octanol–water partition coefficient (Wildman–Crippen LogP) is 2.99. The average Bonchev–Trinajstić information content (AvgIpc) is 3.04. The molecular weight excluding hydrogens is 328 g/mol. The molecule has 0 unspecified atom stereocenters. The van der Waals surface area contributed by atoms with Gasteiger partial charge in [0.05, 0.1) is 23.2 Å². The Kier molecular flexibility index (Phi) is 3.88. The molecule has 0 radical (unpaired) electrons. The van der Waals surface area contributed by atoms with Gasteiger partial charge in [-0.05, 0) is 48.4 Å². The van der Waals surface area contributed by atoms with Gasteiger partial charge in [0.1, 0.15) is 0 Å². The second-order valence-corrected chi connectivity index (χ2v) is 8.12. The molecule has 3 aromatic rings. The highest BCUT2D eigenvalue weighted by Crippen LogP contribution is 2.25. The maximum atomic E-state index is 12.1. The van der Waals surface area contributed by atoms with Crippen molar-refractivity contribution in [2.24, 2.45) is 0 Å². The van der Waals surface area contributed by atoms with Crippen molar-refractivity contribution in [3.05, 3.63) is 54.4 Å². The molecule has 2 aromatic carbocycles. The van der Waals surface area contributed by atoms with Crippen molar-refractivity contribution in [2.45, 2.75) is 19.1 Å². The molecule has 3 rings (SSSR count). The van der Waals surface area contributed by atoms with Crippen molar-refractivity contribution in [1.82, 2.24) is 9.19 Å². The highest BCUT2D eigenvalue weighted by Gasteiger charge is 2.19. The lowest BCUT2D eigenvalue weighted by atomic mass is 10.0. The number of fused-ring (bicyclic) bond motifs is 1. The summed E-state index contributed by atoms with van der Waals surface area (Å²) >= 11 is 0. The van der Waals surface area contributed by atoms with Crippen LogP contribution < -0.4 is 0 Å². The van der Waals surface area contributed by atoms with E-state index in [1.54, 1.807) is 32.0 Å². The van der Waals surface area contributed by atoms with E-state index in [2.05, 4.69) is 5.10 Å². The van der Waals surface area contributed by atoms with Crippen molar-refractivity contribution in [2.75, 3.05) is 0 Å². The summed E-state index contributed by atoms with van der Waals surface area (Å²) in [6, 6.07) is 10.4. The molecule has 0 saturated heterocycles. The summed E-state index contributed by atoms with van der Waals surface area (Å²) < 4.78 is 25.3. The minimum atomic E-state index is -3.48. The van der Waals surface area contributed by atoms with Gasteiger partial charge < -0.3 is 5.11 Å². The van der Waals surface area contributed by atoms with Gasteiger partial charge in [0, 0.05) is 5.56 Å². The summed E-state index contributed by atoms with van der Waals surface area (Å²) in [5.41, 5.74) is 1.73. The Morgan fingerprint density at radius 2 is 1.75 bits per heavy atom. The van der Waals surface area contributed by atoms with E-state index in [1.807, 2.05) is 18.2 Å². The number of aromatic nitrogens is 2. The van der Waals surface area contributed by atoms with Crippen LogP contribution in [0.5, 0.6) is 0 Å². The van der Waals surface area contributed by atoms with Gasteiger partial charge in [-0.2, -0.15) is 9.19 Å². The lowest BCUT2D eigenvalue weighted by Crippen LogP contribution is -2.22. The van der Waals surface area contributed by atoms with Crippen LogP contribution in [0.15, 0.2) is 48.8 Å². The zero-order valence-corrected chi connectivity index (χ0v) is 14.0. The number of benzene rings is 2. The van der Waals surface area contributed by atoms with Crippen LogP contribution >= 0.6 is 0 Å². The number of hydrogen-bond donors (Lipinski definition) is 1. The molecule has 0 aliphatic heterocycles. The quantitative estimate of drug-likeness (QED) is 0.786. The summed E-state index contributed by atoms with van der Waals surface area (Å²) in [4.78, 5) is 11.0. The Labute approximate surface area is 139 Å². The van der Waals surface area contributed by atoms with Crippen molar-refractivity contribution in [3.63, 3.8) is 0 Å². The molecule has 0 aliphatic rings. The molecule has 6 nitrogen and oxygen atoms in total. The van der Waals surface area contributed by atoms with Crippen molar-refractivity contribution >= 4 is 26.8 Å². The molecule has 0 atom stereocenters. The smallest absolute Gasteiger partial charge is 0.335 e. The molecule has 124 valence electrons. The fourth-order valence-electron chi connectivity index (χ4n) is 2.37. The molecule has 0 fully saturated rings. The second kappa shape index (κ2) is 5.76. The molecular formula is C17H16N2O4S. The summed E-state index contributed by atoms with van der Waals surface area (Å²) in [7, 11) is -3.48. The highest BCUT2D eigenvalue weighted by atomic mass is 32.2. The lowest BCUT2D eigenvalue weighted by Gasteiger charge is -2.06. The lowest BCUT2D eigenvalue weighted by molar-refractivity contribution is 0.0697. The SMILES string of the molecule is CC(C)S(=O)(=O)n1cc(-c2ccc3cc(C(=O)O)ccc3c2)cn1. The summed E-state index contributed by atoms with van der Waals surface area (Å²) in [5.74, 6) is -0.971. The predicted molar refractivity (Wildman–Crippen MR) is 91.6 cm³/mol. The van der Waals surface area contributed by atoms with Crippen molar-refractivity contribution in [3.8, 4) is 11.1 Å². The van der Waals surface area contributed by atoms with E-state index in [0.717, 1.165) is 20.4 Å². The Morgan fingerprint density at radius 3 is 2.42 bits per heavy atom. The first-order valence-corrected chi connectivity index (χ1v) is 8.86. The van der Waals surface area contributed by atoms with Crippen LogP contribution in [-0.2, 0) is 10.0 Å². The average molecular weight is 344 g/mol. The fraction of sp³-hybridized carbons (Fsp3) is 0.176. The number of hydrogen-bond acceptors (Lipinski definition) is 4. The standard InChI is InChI=1S/C17H16N2O4S/c1-11(2)24(22,23)19-10-16(9-18-19)14-4-3-13-8-15(17(20)21)6-5-12(13)7-14/h3-11H,1-2H3,(H,20,21). The Morgan fingerprint density at radius 1 is 1.08 bits per heavy atom. The normalized spacial score (nSPS) is 12.0.